The topological polar surface area (TPSA) is 26.0 Å². The highest BCUT2D eigenvalue weighted by atomic mass is 14.6. The Morgan fingerprint density at radius 3 is 2.45 bits per heavy atom. The van der Waals surface area contributed by atoms with Crippen molar-refractivity contribution in [2.75, 3.05) is 0 Å². The largest absolute Gasteiger partial charge is 0.324 e. The van der Waals surface area contributed by atoms with Gasteiger partial charge < -0.3 is 5.73 Å². The Bertz CT molecular complexity index is 153. The number of rotatable bonds is 1. The molecule has 2 N–H and O–H groups in total. The van der Waals surface area contributed by atoms with E-state index in [4.69, 9.17) is 5.73 Å². The molecule has 0 saturated carbocycles. The smallest absolute Gasteiger partial charge is 0.0255 e. The van der Waals surface area contributed by atoms with E-state index in [1.807, 2.05) is 0 Å². The maximum atomic E-state index is 5.90. The van der Waals surface area contributed by atoms with Crippen LogP contribution in [0.5, 0.6) is 0 Å². The zero-order valence-electron chi connectivity index (χ0n) is 7.80. The van der Waals surface area contributed by atoms with Crippen molar-refractivity contribution in [3.05, 3.63) is 12.2 Å². The van der Waals surface area contributed by atoms with Crippen LogP contribution < -0.4 is 5.73 Å². The fourth-order valence-corrected chi connectivity index (χ4v) is 1.73. The fourth-order valence-electron chi connectivity index (χ4n) is 1.73. The van der Waals surface area contributed by atoms with E-state index in [-0.39, 0.29) is 0 Å². The van der Waals surface area contributed by atoms with Gasteiger partial charge in [0.1, 0.15) is 0 Å². The summed E-state index contributed by atoms with van der Waals surface area (Å²) in [6.07, 6.45) is 6.76. The zero-order chi connectivity index (χ0) is 8.48. The van der Waals surface area contributed by atoms with E-state index in [9.17, 15) is 0 Å². The van der Waals surface area contributed by atoms with Gasteiger partial charge in [0, 0.05) is 6.04 Å². The van der Waals surface area contributed by atoms with Gasteiger partial charge in [0.2, 0.25) is 0 Å². The monoisotopic (exact) mass is 153 g/mol. The SMILES string of the molecule is CC(C)(C)C[C@@H]1CC=C[C@@H]1N. The van der Waals surface area contributed by atoms with Crippen LogP contribution in [0.4, 0.5) is 0 Å². The Balaban J connectivity index is 2.40. The molecule has 0 spiro atoms. The molecule has 2 atom stereocenters. The van der Waals surface area contributed by atoms with E-state index in [2.05, 4.69) is 32.9 Å². The third-order valence-electron chi connectivity index (χ3n) is 2.22. The molecule has 0 radical (unpaired) electrons. The van der Waals surface area contributed by atoms with Crippen molar-refractivity contribution in [3.8, 4) is 0 Å². The normalized spacial score (nSPS) is 31.3. The Kier molecular flexibility index (Phi) is 2.38. The lowest BCUT2D eigenvalue weighted by Gasteiger charge is -2.25. The minimum Gasteiger partial charge on any atom is -0.324 e. The van der Waals surface area contributed by atoms with Crippen LogP contribution in [0, 0.1) is 11.3 Å². The van der Waals surface area contributed by atoms with Gasteiger partial charge in [-0.25, -0.2) is 0 Å². The van der Waals surface area contributed by atoms with Crippen molar-refractivity contribution in [1.82, 2.24) is 0 Å². The van der Waals surface area contributed by atoms with Crippen LogP contribution in [0.3, 0.4) is 0 Å². The first-order valence-electron chi connectivity index (χ1n) is 4.41. The van der Waals surface area contributed by atoms with Gasteiger partial charge in [-0.05, 0) is 24.2 Å². The van der Waals surface area contributed by atoms with Crippen LogP contribution >= 0.6 is 0 Å². The molecule has 0 amide bonds. The molecule has 0 bridgehead atoms. The number of hydrogen-bond donors (Lipinski definition) is 1. The molecule has 1 aliphatic rings. The molecule has 0 aromatic rings. The predicted molar refractivity (Wildman–Crippen MR) is 49.3 cm³/mol. The molecular formula is C10H19N. The molecule has 0 aliphatic heterocycles. The van der Waals surface area contributed by atoms with Crippen LogP contribution in [0.2, 0.25) is 0 Å². The zero-order valence-corrected chi connectivity index (χ0v) is 7.80. The second kappa shape index (κ2) is 2.98. The summed E-state index contributed by atoms with van der Waals surface area (Å²) in [5.41, 5.74) is 6.32. The lowest BCUT2D eigenvalue weighted by molar-refractivity contribution is 0.287. The summed E-state index contributed by atoms with van der Waals surface area (Å²) in [4.78, 5) is 0. The molecule has 64 valence electrons. The summed E-state index contributed by atoms with van der Waals surface area (Å²) in [7, 11) is 0. The highest BCUT2D eigenvalue weighted by molar-refractivity contribution is 5.04. The van der Waals surface area contributed by atoms with Gasteiger partial charge in [0.05, 0.1) is 0 Å². The molecule has 0 unspecified atom stereocenters. The molecule has 1 nitrogen and oxygen atoms in total. The molecule has 0 heterocycles. The van der Waals surface area contributed by atoms with E-state index in [1.165, 1.54) is 12.8 Å². The van der Waals surface area contributed by atoms with Gasteiger partial charge in [-0.2, -0.15) is 0 Å². The van der Waals surface area contributed by atoms with E-state index in [1.54, 1.807) is 0 Å². The third-order valence-corrected chi connectivity index (χ3v) is 2.22. The van der Waals surface area contributed by atoms with Crippen LogP contribution in [-0.4, -0.2) is 6.04 Å². The van der Waals surface area contributed by atoms with E-state index in [0.717, 1.165) is 0 Å². The maximum Gasteiger partial charge on any atom is 0.0255 e. The molecular weight excluding hydrogens is 134 g/mol. The minimum absolute atomic E-state index is 0.314. The molecule has 11 heavy (non-hydrogen) atoms. The average Bonchev–Trinajstić information content (AvgIpc) is 2.12. The van der Waals surface area contributed by atoms with Gasteiger partial charge >= 0.3 is 0 Å². The van der Waals surface area contributed by atoms with Gasteiger partial charge in [0.25, 0.3) is 0 Å². The summed E-state index contributed by atoms with van der Waals surface area (Å²) < 4.78 is 0. The third kappa shape index (κ3) is 2.66. The van der Waals surface area contributed by atoms with Crippen LogP contribution in [-0.2, 0) is 0 Å². The minimum atomic E-state index is 0.314. The van der Waals surface area contributed by atoms with Gasteiger partial charge in [-0.1, -0.05) is 32.9 Å². The van der Waals surface area contributed by atoms with Crippen LogP contribution in [0.1, 0.15) is 33.6 Å². The molecule has 0 aromatic carbocycles. The lowest BCUT2D eigenvalue weighted by Crippen LogP contribution is -2.27. The first-order valence-corrected chi connectivity index (χ1v) is 4.41. The standard InChI is InChI=1S/C10H19N/c1-10(2,3)7-8-5-4-6-9(8)11/h4,6,8-9H,5,7,11H2,1-3H3/t8-,9-/m0/s1. The molecule has 0 fully saturated rings. The number of hydrogen-bond acceptors (Lipinski definition) is 1. The summed E-state index contributed by atoms with van der Waals surface area (Å²) in [5, 5.41) is 0. The average molecular weight is 153 g/mol. The van der Waals surface area contributed by atoms with Crippen molar-refractivity contribution in [2.24, 2.45) is 17.1 Å². The Morgan fingerprint density at radius 1 is 1.45 bits per heavy atom. The predicted octanol–water partition coefficient (Wildman–Crippen LogP) is 2.33. The molecule has 1 rings (SSSR count). The first-order chi connectivity index (χ1) is 4.99. The maximum absolute atomic E-state index is 5.90. The quantitative estimate of drug-likeness (QED) is 0.575. The van der Waals surface area contributed by atoms with Crippen LogP contribution in [0.25, 0.3) is 0 Å². The summed E-state index contributed by atoms with van der Waals surface area (Å²) in [6, 6.07) is 0.314. The lowest BCUT2D eigenvalue weighted by atomic mass is 9.82. The van der Waals surface area contributed by atoms with Gasteiger partial charge in [0.15, 0.2) is 0 Å². The van der Waals surface area contributed by atoms with Crippen molar-refractivity contribution >= 4 is 0 Å². The first kappa shape index (κ1) is 8.79. The fraction of sp³-hybridized carbons (Fsp3) is 0.800. The molecule has 1 heteroatoms. The van der Waals surface area contributed by atoms with Crippen molar-refractivity contribution < 1.29 is 0 Å². The van der Waals surface area contributed by atoms with Crippen LogP contribution in [0.15, 0.2) is 12.2 Å². The van der Waals surface area contributed by atoms with Gasteiger partial charge in [-0.3, -0.25) is 0 Å². The van der Waals surface area contributed by atoms with E-state index in [0.29, 0.717) is 17.4 Å². The molecule has 0 aromatic heterocycles. The van der Waals surface area contributed by atoms with Crippen molar-refractivity contribution in [1.29, 1.82) is 0 Å². The van der Waals surface area contributed by atoms with E-state index >= 15 is 0 Å². The second-order valence-electron chi connectivity index (χ2n) is 4.77. The molecule has 0 saturated heterocycles. The molecule has 1 aliphatic carbocycles. The summed E-state index contributed by atoms with van der Waals surface area (Å²) in [6.45, 7) is 6.83. The van der Waals surface area contributed by atoms with Crippen molar-refractivity contribution in [3.63, 3.8) is 0 Å². The van der Waals surface area contributed by atoms with E-state index < -0.39 is 0 Å². The highest BCUT2D eigenvalue weighted by Gasteiger charge is 2.24. The second-order valence-corrected chi connectivity index (χ2v) is 4.77. The Morgan fingerprint density at radius 2 is 2.09 bits per heavy atom. The number of nitrogens with two attached hydrogens (primary N) is 1. The van der Waals surface area contributed by atoms with Crippen molar-refractivity contribution in [2.45, 2.75) is 39.7 Å². The Labute approximate surface area is 69.7 Å². The Hall–Kier alpha value is -0.300. The summed E-state index contributed by atoms with van der Waals surface area (Å²) >= 11 is 0. The highest BCUT2D eigenvalue weighted by Crippen LogP contribution is 2.31. The number of allylic oxidation sites excluding steroid dienone is 1. The summed E-state index contributed by atoms with van der Waals surface area (Å²) in [5.74, 6) is 0.690. The van der Waals surface area contributed by atoms with Gasteiger partial charge in [-0.15, -0.1) is 0 Å².